The van der Waals surface area contributed by atoms with Crippen molar-refractivity contribution in [3.8, 4) is 11.4 Å². The van der Waals surface area contributed by atoms with E-state index in [1.165, 1.54) is 25.7 Å². The lowest BCUT2D eigenvalue weighted by atomic mass is 9.96. The molecule has 2 fully saturated rings. The summed E-state index contributed by atoms with van der Waals surface area (Å²) in [5, 5.41) is 3.20. The van der Waals surface area contributed by atoms with Crippen LogP contribution >= 0.6 is 0 Å². The number of imidazole rings is 1. The zero-order valence-electron chi connectivity index (χ0n) is 19.5. The number of carbonyl (C=O) groups excluding carboxylic acids is 2. The number of rotatable bonds is 3. The second-order valence-electron chi connectivity index (χ2n) is 9.62. The Balaban J connectivity index is 1.28. The van der Waals surface area contributed by atoms with Crippen LogP contribution in [0.15, 0.2) is 30.3 Å². The summed E-state index contributed by atoms with van der Waals surface area (Å²) >= 11 is 0. The maximum Gasteiger partial charge on any atom is 0.317 e. The van der Waals surface area contributed by atoms with Crippen LogP contribution in [-0.2, 0) is 13.0 Å². The molecule has 3 amide bonds. The third kappa shape index (κ3) is 4.77. The van der Waals surface area contributed by atoms with E-state index in [-0.39, 0.29) is 11.9 Å². The Bertz CT molecular complexity index is 972. The molecule has 7 nitrogen and oxygen atoms in total. The molecule has 1 aliphatic carbocycles. The SMILES string of the molecule is O=C(NC1CCCCC1)N1CCN(C(=O)c2nc(-c3ccccc3)n3c2CCCCC3)CC1. The Kier molecular flexibility index (Phi) is 6.65. The van der Waals surface area contributed by atoms with Gasteiger partial charge in [-0.3, -0.25) is 4.79 Å². The number of aromatic nitrogens is 2. The fourth-order valence-electron chi connectivity index (χ4n) is 5.47. The topological polar surface area (TPSA) is 70.5 Å². The molecule has 0 bridgehead atoms. The van der Waals surface area contributed by atoms with Crippen LogP contribution < -0.4 is 5.32 Å². The number of nitrogens with one attached hydrogen (secondary N) is 1. The summed E-state index contributed by atoms with van der Waals surface area (Å²) in [6.07, 6.45) is 10.1. The van der Waals surface area contributed by atoms with Crippen LogP contribution in [0.3, 0.4) is 0 Å². The molecule has 3 heterocycles. The molecular formula is C26H35N5O2. The van der Waals surface area contributed by atoms with Crippen LogP contribution in [0.1, 0.15) is 67.5 Å². The van der Waals surface area contributed by atoms with E-state index >= 15 is 0 Å². The molecule has 0 atom stereocenters. The largest absolute Gasteiger partial charge is 0.335 e. The van der Waals surface area contributed by atoms with Gasteiger partial charge in [-0.25, -0.2) is 9.78 Å². The van der Waals surface area contributed by atoms with Crippen LogP contribution in [0, 0.1) is 0 Å². The van der Waals surface area contributed by atoms with E-state index < -0.39 is 0 Å². The van der Waals surface area contributed by atoms with Gasteiger partial charge in [-0.2, -0.15) is 0 Å². The lowest BCUT2D eigenvalue weighted by Gasteiger charge is -2.35. The number of benzene rings is 1. The summed E-state index contributed by atoms with van der Waals surface area (Å²) in [6.45, 7) is 3.18. The van der Waals surface area contributed by atoms with Crippen molar-refractivity contribution in [2.45, 2.75) is 70.4 Å². The number of urea groups is 1. The summed E-state index contributed by atoms with van der Waals surface area (Å²) in [4.78, 5) is 34.9. The van der Waals surface area contributed by atoms with Gasteiger partial charge in [-0.05, 0) is 32.1 Å². The molecule has 176 valence electrons. The van der Waals surface area contributed by atoms with Gasteiger partial charge in [-0.15, -0.1) is 0 Å². The maximum absolute atomic E-state index is 13.6. The molecule has 1 saturated carbocycles. The van der Waals surface area contributed by atoms with Crippen molar-refractivity contribution >= 4 is 11.9 Å². The quantitative estimate of drug-likeness (QED) is 0.768. The van der Waals surface area contributed by atoms with Gasteiger partial charge in [0.25, 0.3) is 5.91 Å². The molecule has 1 aromatic carbocycles. The normalized spacial score (nSPS) is 19.6. The zero-order chi connectivity index (χ0) is 22.6. The second-order valence-corrected chi connectivity index (χ2v) is 9.62. The van der Waals surface area contributed by atoms with Crippen molar-refractivity contribution in [1.82, 2.24) is 24.7 Å². The fraction of sp³-hybridized carbons (Fsp3) is 0.577. The van der Waals surface area contributed by atoms with Gasteiger partial charge in [0, 0.05) is 44.3 Å². The van der Waals surface area contributed by atoms with Crippen molar-refractivity contribution in [3.63, 3.8) is 0 Å². The van der Waals surface area contributed by atoms with Crippen molar-refractivity contribution in [2.24, 2.45) is 0 Å². The monoisotopic (exact) mass is 449 g/mol. The van der Waals surface area contributed by atoms with Gasteiger partial charge in [0.2, 0.25) is 0 Å². The summed E-state index contributed by atoms with van der Waals surface area (Å²) in [5.74, 6) is 0.913. The third-order valence-electron chi connectivity index (χ3n) is 7.39. The summed E-state index contributed by atoms with van der Waals surface area (Å²) in [7, 11) is 0. The van der Waals surface area contributed by atoms with Gasteiger partial charge in [-0.1, -0.05) is 56.0 Å². The maximum atomic E-state index is 13.6. The number of nitrogens with zero attached hydrogens (tertiary/aromatic N) is 4. The Morgan fingerprint density at radius 1 is 0.818 bits per heavy atom. The Labute approximate surface area is 196 Å². The second kappa shape index (κ2) is 9.98. The van der Waals surface area contributed by atoms with Crippen LogP contribution in [0.5, 0.6) is 0 Å². The van der Waals surface area contributed by atoms with E-state index in [1.807, 2.05) is 28.0 Å². The van der Waals surface area contributed by atoms with Gasteiger partial charge in [0.15, 0.2) is 0 Å². The van der Waals surface area contributed by atoms with Crippen LogP contribution in [-0.4, -0.2) is 63.5 Å². The first kappa shape index (κ1) is 22.0. The van der Waals surface area contributed by atoms with Crippen LogP contribution in [0.25, 0.3) is 11.4 Å². The molecule has 1 N–H and O–H groups in total. The Hall–Kier alpha value is -2.83. The van der Waals surface area contributed by atoms with E-state index in [9.17, 15) is 9.59 Å². The van der Waals surface area contributed by atoms with E-state index in [1.54, 1.807) is 0 Å². The smallest absolute Gasteiger partial charge is 0.317 e. The molecule has 3 aliphatic rings. The highest BCUT2D eigenvalue weighted by Crippen LogP contribution is 2.28. The number of carbonyl (C=O) groups is 2. The first-order valence-electron chi connectivity index (χ1n) is 12.7. The average molecular weight is 450 g/mol. The predicted molar refractivity (Wildman–Crippen MR) is 128 cm³/mol. The summed E-state index contributed by atoms with van der Waals surface area (Å²) in [5.41, 5.74) is 2.74. The van der Waals surface area contributed by atoms with Crippen LogP contribution in [0.4, 0.5) is 4.79 Å². The molecule has 2 aromatic rings. The number of fused-ring (bicyclic) bond motifs is 1. The first-order valence-corrected chi connectivity index (χ1v) is 12.7. The van der Waals surface area contributed by atoms with Crippen LogP contribution in [0.2, 0.25) is 0 Å². The molecule has 2 aliphatic heterocycles. The molecule has 5 rings (SSSR count). The number of amides is 3. The van der Waals surface area contributed by atoms with E-state index in [0.717, 1.165) is 55.7 Å². The number of hydrogen-bond acceptors (Lipinski definition) is 3. The fourth-order valence-corrected chi connectivity index (χ4v) is 5.47. The Morgan fingerprint density at radius 2 is 1.52 bits per heavy atom. The van der Waals surface area contributed by atoms with Gasteiger partial charge in [0.05, 0.1) is 5.69 Å². The molecule has 0 radical (unpaired) electrons. The lowest BCUT2D eigenvalue weighted by molar-refractivity contribution is 0.0656. The lowest BCUT2D eigenvalue weighted by Crippen LogP contribution is -2.54. The molecule has 7 heteroatoms. The molecular weight excluding hydrogens is 414 g/mol. The number of hydrogen-bond donors (Lipinski definition) is 1. The van der Waals surface area contributed by atoms with Crippen molar-refractivity contribution in [1.29, 1.82) is 0 Å². The average Bonchev–Trinajstić information content (AvgIpc) is 3.05. The third-order valence-corrected chi connectivity index (χ3v) is 7.39. The van der Waals surface area contributed by atoms with E-state index in [2.05, 4.69) is 22.0 Å². The molecule has 1 saturated heterocycles. The highest BCUT2D eigenvalue weighted by molar-refractivity contribution is 5.94. The Morgan fingerprint density at radius 3 is 2.27 bits per heavy atom. The van der Waals surface area contributed by atoms with Gasteiger partial charge in [0.1, 0.15) is 11.5 Å². The van der Waals surface area contributed by atoms with E-state index in [4.69, 9.17) is 4.98 Å². The van der Waals surface area contributed by atoms with Crippen molar-refractivity contribution < 1.29 is 9.59 Å². The molecule has 0 spiro atoms. The van der Waals surface area contributed by atoms with Gasteiger partial charge < -0.3 is 19.7 Å². The highest BCUT2D eigenvalue weighted by Gasteiger charge is 2.31. The zero-order valence-corrected chi connectivity index (χ0v) is 19.5. The van der Waals surface area contributed by atoms with E-state index in [0.29, 0.717) is 37.9 Å². The number of piperazine rings is 1. The first-order chi connectivity index (χ1) is 16.2. The highest BCUT2D eigenvalue weighted by atomic mass is 16.2. The molecule has 0 unspecified atom stereocenters. The summed E-state index contributed by atoms with van der Waals surface area (Å²) in [6, 6.07) is 10.5. The van der Waals surface area contributed by atoms with Gasteiger partial charge >= 0.3 is 6.03 Å². The minimum Gasteiger partial charge on any atom is -0.335 e. The molecule has 1 aromatic heterocycles. The van der Waals surface area contributed by atoms with Crippen molar-refractivity contribution in [2.75, 3.05) is 26.2 Å². The summed E-state index contributed by atoms with van der Waals surface area (Å²) < 4.78 is 2.27. The van der Waals surface area contributed by atoms with Crippen molar-refractivity contribution in [3.05, 3.63) is 41.7 Å². The predicted octanol–water partition coefficient (Wildman–Crippen LogP) is 4.08. The molecule has 33 heavy (non-hydrogen) atoms. The minimum absolute atomic E-state index is 0.00942. The minimum atomic E-state index is 0.00942. The standard InChI is InChI=1S/C26H35N5O2/c32-25(29-16-18-30(19-17-29)26(33)27-21-12-6-2-7-13-21)23-22-14-8-3-9-15-31(22)24(28-23)20-10-4-1-5-11-20/h1,4-5,10-11,21H,2-3,6-9,12-19H2,(H,27,33).